The molecule has 0 radical (unpaired) electrons. The second kappa shape index (κ2) is 6.11. The van der Waals surface area contributed by atoms with Crippen LogP contribution in [-0.4, -0.2) is 17.4 Å². The maximum atomic E-state index is 11.9. The van der Waals surface area contributed by atoms with Crippen LogP contribution in [0.25, 0.3) is 0 Å². The Morgan fingerprint density at radius 2 is 2.00 bits per heavy atom. The third kappa shape index (κ3) is 3.65. The van der Waals surface area contributed by atoms with Crippen molar-refractivity contribution < 1.29 is 9.53 Å². The zero-order chi connectivity index (χ0) is 13.0. The molecule has 0 saturated carbocycles. The molecule has 0 aliphatic rings. The predicted molar refractivity (Wildman–Crippen MR) is 75.9 cm³/mol. The fourth-order valence-electron chi connectivity index (χ4n) is 1.37. The summed E-state index contributed by atoms with van der Waals surface area (Å²) in [6, 6.07) is 8.98. The highest BCUT2D eigenvalue weighted by molar-refractivity contribution is 9.10. The van der Waals surface area contributed by atoms with Crippen molar-refractivity contribution in [2.45, 2.75) is 0 Å². The predicted octanol–water partition coefficient (Wildman–Crippen LogP) is 3.87. The Labute approximate surface area is 121 Å². The Morgan fingerprint density at radius 3 is 2.72 bits per heavy atom. The quantitative estimate of drug-likeness (QED) is 0.767. The van der Waals surface area contributed by atoms with Gasteiger partial charge in [0.1, 0.15) is 5.75 Å². The van der Waals surface area contributed by atoms with Gasteiger partial charge in [-0.3, -0.25) is 9.78 Å². The van der Waals surface area contributed by atoms with Crippen molar-refractivity contribution >= 4 is 37.6 Å². The lowest BCUT2D eigenvalue weighted by Crippen LogP contribution is -2.11. The molecule has 2 aromatic rings. The first-order valence-corrected chi connectivity index (χ1v) is 6.76. The van der Waals surface area contributed by atoms with Gasteiger partial charge in [0.25, 0.3) is 0 Å². The summed E-state index contributed by atoms with van der Waals surface area (Å²) in [4.78, 5) is 15.8. The third-order valence-electron chi connectivity index (χ3n) is 2.20. The van der Waals surface area contributed by atoms with E-state index in [0.29, 0.717) is 11.3 Å². The van der Waals surface area contributed by atoms with E-state index in [1.165, 1.54) is 0 Å². The van der Waals surface area contributed by atoms with E-state index in [2.05, 4.69) is 36.8 Å². The van der Waals surface area contributed by atoms with Crippen molar-refractivity contribution in [1.82, 2.24) is 4.98 Å². The van der Waals surface area contributed by atoms with Crippen LogP contribution in [0.15, 0.2) is 51.7 Å². The van der Waals surface area contributed by atoms with Gasteiger partial charge in [0.2, 0.25) is 0 Å². The van der Waals surface area contributed by atoms with Gasteiger partial charge in [-0.1, -0.05) is 28.1 Å². The van der Waals surface area contributed by atoms with Gasteiger partial charge >= 0.3 is 0 Å². The Morgan fingerprint density at radius 1 is 1.17 bits per heavy atom. The number of benzene rings is 1. The van der Waals surface area contributed by atoms with E-state index in [9.17, 15) is 4.79 Å². The van der Waals surface area contributed by atoms with E-state index in [0.717, 1.165) is 8.95 Å². The number of hydrogen-bond acceptors (Lipinski definition) is 3. The Hall–Kier alpha value is -1.20. The molecule has 18 heavy (non-hydrogen) atoms. The van der Waals surface area contributed by atoms with Crippen LogP contribution in [0.2, 0.25) is 0 Å². The van der Waals surface area contributed by atoms with Crippen molar-refractivity contribution in [1.29, 1.82) is 0 Å². The van der Waals surface area contributed by atoms with E-state index >= 15 is 0 Å². The van der Waals surface area contributed by atoms with Crippen molar-refractivity contribution in [3.05, 3.63) is 57.2 Å². The van der Waals surface area contributed by atoms with Crippen LogP contribution in [-0.2, 0) is 0 Å². The number of halogens is 2. The summed E-state index contributed by atoms with van der Waals surface area (Å²) in [5.74, 6) is 0.490. The first kappa shape index (κ1) is 13.2. The molecular formula is C13H9Br2NO2. The molecule has 0 unspecified atom stereocenters. The van der Waals surface area contributed by atoms with Crippen LogP contribution >= 0.6 is 31.9 Å². The minimum atomic E-state index is -0.0729. The van der Waals surface area contributed by atoms with Crippen molar-refractivity contribution in [2.24, 2.45) is 0 Å². The van der Waals surface area contributed by atoms with Gasteiger partial charge in [-0.15, -0.1) is 0 Å². The van der Waals surface area contributed by atoms with E-state index in [4.69, 9.17) is 4.74 Å². The number of rotatable bonds is 4. The highest BCUT2D eigenvalue weighted by Gasteiger charge is 2.07. The lowest BCUT2D eigenvalue weighted by molar-refractivity contribution is 0.0921. The molecule has 0 atom stereocenters. The molecular weight excluding hydrogens is 362 g/mol. The zero-order valence-electron chi connectivity index (χ0n) is 9.27. The Kier molecular flexibility index (Phi) is 4.49. The van der Waals surface area contributed by atoms with Crippen molar-refractivity contribution in [3.8, 4) is 5.75 Å². The number of Topliss-reactive ketones (excluding diaryl/α,β-unsaturated/α-hetero) is 1. The van der Waals surface area contributed by atoms with Gasteiger partial charge in [-0.25, -0.2) is 0 Å². The van der Waals surface area contributed by atoms with E-state index in [1.54, 1.807) is 30.6 Å². The first-order chi connectivity index (χ1) is 8.65. The molecule has 1 aromatic heterocycles. The minimum absolute atomic E-state index is 0.00537. The van der Waals surface area contributed by atoms with E-state index in [-0.39, 0.29) is 12.4 Å². The molecule has 1 aromatic carbocycles. The molecule has 0 amide bonds. The summed E-state index contributed by atoms with van der Waals surface area (Å²) in [6.45, 7) is -0.00537. The summed E-state index contributed by atoms with van der Waals surface area (Å²) >= 11 is 6.62. The average Bonchev–Trinajstić information content (AvgIpc) is 2.36. The first-order valence-electron chi connectivity index (χ1n) is 5.17. The molecule has 0 N–H and O–H groups in total. The van der Waals surface area contributed by atoms with Crippen molar-refractivity contribution in [2.75, 3.05) is 6.61 Å². The second-order valence-corrected chi connectivity index (χ2v) is 5.39. The number of carbonyl (C=O) groups is 1. The molecule has 0 fully saturated rings. The average molecular weight is 371 g/mol. The number of aromatic nitrogens is 1. The Balaban J connectivity index is 2.00. The van der Waals surface area contributed by atoms with Gasteiger partial charge in [-0.05, 0) is 34.1 Å². The lowest BCUT2D eigenvalue weighted by Gasteiger charge is -2.05. The minimum Gasteiger partial charge on any atom is -0.484 e. The molecule has 2 rings (SSSR count). The van der Waals surface area contributed by atoms with Crippen LogP contribution in [0.5, 0.6) is 5.75 Å². The highest BCUT2D eigenvalue weighted by atomic mass is 79.9. The molecule has 92 valence electrons. The van der Waals surface area contributed by atoms with Gasteiger partial charge in [-0.2, -0.15) is 0 Å². The number of carbonyl (C=O) groups excluding carboxylic acids is 1. The SMILES string of the molecule is O=C(COc1cncc(Br)c1)c1cccc(Br)c1. The largest absolute Gasteiger partial charge is 0.484 e. The fraction of sp³-hybridized carbons (Fsp3) is 0.0769. The van der Waals surface area contributed by atoms with Crippen LogP contribution in [0.3, 0.4) is 0 Å². The molecule has 0 aliphatic heterocycles. The van der Waals surface area contributed by atoms with Gasteiger partial charge in [0, 0.05) is 20.7 Å². The molecule has 5 heteroatoms. The van der Waals surface area contributed by atoms with Gasteiger partial charge in [0.15, 0.2) is 12.4 Å². The summed E-state index contributed by atoms with van der Waals surface area (Å²) in [6.07, 6.45) is 3.22. The lowest BCUT2D eigenvalue weighted by atomic mass is 10.1. The fourth-order valence-corrected chi connectivity index (χ4v) is 2.11. The van der Waals surface area contributed by atoms with Crippen LogP contribution in [0.4, 0.5) is 0 Å². The van der Waals surface area contributed by atoms with E-state index < -0.39 is 0 Å². The highest BCUT2D eigenvalue weighted by Crippen LogP contribution is 2.17. The summed E-state index contributed by atoms with van der Waals surface area (Å²) < 4.78 is 7.07. The van der Waals surface area contributed by atoms with Gasteiger partial charge in [0.05, 0.1) is 6.20 Å². The standard InChI is InChI=1S/C13H9Br2NO2/c14-10-3-1-2-9(4-10)13(17)8-18-12-5-11(15)6-16-7-12/h1-7H,8H2. The monoisotopic (exact) mass is 369 g/mol. The number of ketones is 1. The number of nitrogens with zero attached hydrogens (tertiary/aromatic N) is 1. The van der Waals surface area contributed by atoms with Crippen LogP contribution < -0.4 is 4.74 Å². The smallest absolute Gasteiger partial charge is 0.200 e. The number of ether oxygens (including phenoxy) is 1. The molecule has 1 heterocycles. The maximum Gasteiger partial charge on any atom is 0.200 e. The second-order valence-electron chi connectivity index (χ2n) is 3.56. The summed E-state index contributed by atoms with van der Waals surface area (Å²) in [7, 11) is 0. The molecule has 0 bridgehead atoms. The molecule has 0 spiro atoms. The summed E-state index contributed by atoms with van der Waals surface area (Å²) in [5.41, 5.74) is 0.618. The number of pyridine rings is 1. The maximum absolute atomic E-state index is 11.9. The number of hydrogen-bond donors (Lipinski definition) is 0. The summed E-state index contributed by atoms with van der Waals surface area (Å²) in [5, 5.41) is 0. The third-order valence-corrected chi connectivity index (χ3v) is 3.12. The molecule has 0 saturated heterocycles. The van der Waals surface area contributed by atoms with Crippen LogP contribution in [0.1, 0.15) is 10.4 Å². The van der Waals surface area contributed by atoms with Crippen molar-refractivity contribution in [3.63, 3.8) is 0 Å². The molecule has 0 aliphatic carbocycles. The van der Waals surface area contributed by atoms with Crippen LogP contribution in [0, 0.1) is 0 Å². The van der Waals surface area contributed by atoms with E-state index in [1.807, 2.05) is 12.1 Å². The van der Waals surface area contributed by atoms with Gasteiger partial charge < -0.3 is 4.74 Å². The topological polar surface area (TPSA) is 39.2 Å². The Bertz CT molecular complexity index is 572. The zero-order valence-corrected chi connectivity index (χ0v) is 12.4. The normalized spacial score (nSPS) is 10.1. The molecule has 3 nitrogen and oxygen atoms in total.